The van der Waals surface area contributed by atoms with E-state index in [2.05, 4.69) is 9.55 Å². The number of nitrogens with zero attached hydrogens (tertiary/aromatic N) is 2. The summed E-state index contributed by atoms with van der Waals surface area (Å²) in [6, 6.07) is 5.33. The fourth-order valence-electron chi connectivity index (χ4n) is 2.27. The summed E-state index contributed by atoms with van der Waals surface area (Å²) < 4.78 is 2.07. The summed E-state index contributed by atoms with van der Waals surface area (Å²) in [5.74, 6) is 2.67. The minimum atomic E-state index is -0.918. The Balaban J connectivity index is 1.92. The van der Waals surface area contributed by atoms with Gasteiger partial charge in [-0.1, -0.05) is 6.07 Å². The summed E-state index contributed by atoms with van der Waals surface area (Å²) >= 11 is 3.98. The lowest BCUT2D eigenvalue weighted by atomic mass is 10.2. The molecule has 0 amide bonds. The Labute approximate surface area is 119 Å². The van der Waals surface area contributed by atoms with Crippen LogP contribution in [-0.2, 0) is 6.54 Å². The number of hydrogen-bond acceptors (Lipinski definition) is 4. The highest BCUT2D eigenvalue weighted by atomic mass is 32.2. The van der Waals surface area contributed by atoms with Crippen LogP contribution in [-0.4, -0.2) is 43.1 Å². The molecule has 2 aromatic rings. The first-order valence-electron chi connectivity index (χ1n) is 6.12. The number of aromatic carboxylic acids is 1. The molecular weight excluding hydrogens is 280 g/mol. The van der Waals surface area contributed by atoms with E-state index in [4.69, 9.17) is 5.11 Å². The number of carbonyl (C=O) groups is 1. The quantitative estimate of drug-likeness (QED) is 0.943. The van der Waals surface area contributed by atoms with Crippen molar-refractivity contribution in [2.24, 2.45) is 0 Å². The number of thioether (sulfide) groups is 2. The fourth-order valence-corrected chi connectivity index (χ4v) is 4.93. The fraction of sp³-hybridized carbons (Fsp3) is 0.385. The molecule has 0 radical (unpaired) electrons. The topological polar surface area (TPSA) is 55.1 Å². The molecule has 1 aliphatic heterocycles. The van der Waals surface area contributed by atoms with E-state index in [0.29, 0.717) is 10.8 Å². The van der Waals surface area contributed by atoms with Crippen LogP contribution in [0.2, 0.25) is 0 Å². The van der Waals surface area contributed by atoms with Gasteiger partial charge in [0, 0.05) is 29.1 Å². The van der Waals surface area contributed by atoms with Gasteiger partial charge >= 0.3 is 5.97 Å². The van der Waals surface area contributed by atoms with Gasteiger partial charge in [0.15, 0.2) is 0 Å². The average Bonchev–Trinajstić information content (AvgIpc) is 2.83. The zero-order valence-corrected chi connectivity index (χ0v) is 11.9. The molecule has 1 aromatic heterocycles. The highest BCUT2D eigenvalue weighted by Gasteiger charge is 2.17. The van der Waals surface area contributed by atoms with Crippen LogP contribution in [0.5, 0.6) is 0 Å². The Morgan fingerprint density at radius 2 is 2.37 bits per heavy atom. The molecule has 1 N–H and O–H groups in total. The van der Waals surface area contributed by atoms with Gasteiger partial charge in [-0.15, -0.1) is 0 Å². The number of para-hydroxylation sites is 1. The minimum Gasteiger partial charge on any atom is -0.478 e. The van der Waals surface area contributed by atoms with Crippen LogP contribution in [0, 0.1) is 0 Å². The summed E-state index contributed by atoms with van der Waals surface area (Å²) in [5, 5.41) is 9.74. The van der Waals surface area contributed by atoms with Gasteiger partial charge in [-0.3, -0.25) is 0 Å². The van der Waals surface area contributed by atoms with E-state index in [-0.39, 0.29) is 5.56 Å². The standard InChI is InChI=1S/C13H14N2O2S2/c16-13(17)10-2-1-3-11-12(10)14-8-15(11)6-9-7-18-4-5-19-9/h1-3,8-9H,4-7H2,(H,16,17). The van der Waals surface area contributed by atoms with Crippen molar-refractivity contribution in [1.29, 1.82) is 0 Å². The van der Waals surface area contributed by atoms with Crippen LogP contribution in [0.15, 0.2) is 24.5 Å². The molecule has 1 saturated heterocycles. The first-order chi connectivity index (χ1) is 9.25. The average molecular weight is 294 g/mol. The van der Waals surface area contributed by atoms with E-state index in [1.165, 1.54) is 11.5 Å². The summed E-state index contributed by atoms with van der Waals surface area (Å²) in [4.78, 5) is 15.4. The van der Waals surface area contributed by atoms with Gasteiger partial charge in [0.1, 0.15) is 5.52 Å². The maximum atomic E-state index is 11.2. The monoisotopic (exact) mass is 294 g/mol. The van der Waals surface area contributed by atoms with E-state index >= 15 is 0 Å². The van der Waals surface area contributed by atoms with Gasteiger partial charge in [0.2, 0.25) is 0 Å². The van der Waals surface area contributed by atoms with Crippen molar-refractivity contribution >= 4 is 40.5 Å². The lowest BCUT2D eigenvalue weighted by Crippen LogP contribution is -2.19. The third-order valence-electron chi connectivity index (χ3n) is 3.17. The zero-order valence-electron chi connectivity index (χ0n) is 10.3. The summed E-state index contributed by atoms with van der Waals surface area (Å²) in [6.45, 7) is 0.900. The maximum Gasteiger partial charge on any atom is 0.337 e. The smallest absolute Gasteiger partial charge is 0.337 e. The molecule has 1 aliphatic rings. The number of fused-ring (bicyclic) bond motifs is 1. The van der Waals surface area contributed by atoms with Crippen molar-refractivity contribution in [2.45, 2.75) is 11.8 Å². The summed E-state index contributed by atoms with van der Waals surface area (Å²) in [6.07, 6.45) is 1.76. The van der Waals surface area contributed by atoms with E-state index in [0.717, 1.165) is 17.8 Å². The Kier molecular flexibility index (Phi) is 3.70. The molecule has 2 heterocycles. The third kappa shape index (κ3) is 2.60. The number of imidazole rings is 1. The van der Waals surface area contributed by atoms with Crippen LogP contribution >= 0.6 is 23.5 Å². The molecule has 1 unspecified atom stereocenters. The molecule has 100 valence electrons. The molecule has 4 nitrogen and oxygen atoms in total. The second-order valence-electron chi connectivity index (χ2n) is 4.44. The van der Waals surface area contributed by atoms with Gasteiger partial charge in [0.25, 0.3) is 0 Å². The number of rotatable bonds is 3. The largest absolute Gasteiger partial charge is 0.478 e. The normalized spacial score (nSPS) is 19.7. The SMILES string of the molecule is O=C(O)c1cccc2c1ncn2CC1CSCCS1. The molecule has 19 heavy (non-hydrogen) atoms. The third-order valence-corrected chi connectivity index (χ3v) is 5.99. The second kappa shape index (κ2) is 5.46. The highest BCUT2D eigenvalue weighted by molar-refractivity contribution is 8.06. The molecule has 0 bridgehead atoms. The first-order valence-corrected chi connectivity index (χ1v) is 8.32. The molecule has 6 heteroatoms. The predicted octanol–water partition coefficient (Wildman–Crippen LogP) is 2.58. The van der Waals surface area contributed by atoms with Gasteiger partial charge < -0.3 is 9.67 Å². The van der Waals surface area contributed by atoms with Crippen LogP contribution in [0.4, 0.5) is 0 Å². The molecule has 1 atom stereocenters. The number of benzene rings is 1. The molecule has 0 spiro atoms. The van der Waals surface area contributed by atoms with E-state index in [1.54, 1.807) is 18.5 Å². The van der Waals surface area contributed by atoms with Crippen molar-refractivity contribution in [1.82, 2.24) is 9.55 Å². The molecule has 1 fully saturated rings. The number of carboxylic acids is 1. The Morgan fingerprint density at radius 1 is 1.47 bits per heavy atom. The van der Waals surface area contributed by atoms with Crippen molar-refractivity contribution < 1.29 is 9.90 Å². The van der Waals surface area contributed by atoms with Crippen LogP contribution < -0.4 is 0 Å². The number of carboxylic acid groups (broad SMARTS) is 1. The Morgan fingerprint density at radius 3 is 3.11 bits per heavy atom. The number of aromatic nitrogens is 2. The van der Waals surface area contributed by atoms with Crippen LogP contribution in [0.3, 0.4) is 0 Å². The molecule has 0 saturated carbocycles. The van der Waals surface area contributed by atoms with E-state index < -0.39 is 5.97 Å². The van der Waals surface area contributed by atoms with Gasteiger partial charge in [-0.2, -0.15) is 23.5 Å². The van der Waals surface area contributed by atoms with Gasteiger partial charge in [0.05, 0.1) is 17.4 Å². The molecule has 3 rings (SSSR count). The lowest BCUT2D eigenvalue weighted by Gasteiger charge is -2.21. The van der Waals surface area contributed by atoms with Crippen molar-refractivity contribution in [3.8, 4) is 0 Å². The Bertz CT molecular complexity index is 606. The number of hydrogen-bond donors (Lipinski definition) is 1. The maximum absolute atomic E-state index is 11.2. The van der Waals surface area contributed by atoms with Gasteiger partial charge in [-0.25, -0.2) is 9.78 Å². The minimum absolute atomic E-state index is 0.280. The van der Waals surface area contributed by atoms with E-state index in [1.807, 2.05) is 29.6 Å². The first kappa shape index (κ1) is 12.9. The molecule has 1 aromatic carbocycles. The van der Waals surface area contributed by atoms with Crippen molar-refractivity contribution in [3.63, 3.8) is 0 Å². The summed E-state index contributed by atoms with van der Waals surface area (Å²) in [7, 11) is 0. The predicted molar refractivity (Wildman–Crippen MR) is 80.3 cm³/mol. The highest BCUT2D eigenvalue weighted by Crippen LogP contribution is 2.26. The van der Waals surface area contributed by atoms with Crippen molar-refractivity contribution in [3.05, 3.63) is 30.1 Å². The molecule has 0 aliphatic carbocycles. The van der Waals surface area contributed by atoms with Crippen LogP contribution in [0.1, 0.15) is 10.4 Å². The van der Waals surface area contributed by atoms with E-state index in [9.17, 15) is 4.79 Å². The zero-order chi connectivity index (χ0) is 13.2. The molecular formula is C13H14N2O2S2. The van der Waals surface area contributed by atoms with Gasteiger partial charge in [-0.05, 0) is 12.1 Å². The Hall–Kier alpha value is -1.14. The second-order valence-corrected chi connectivity index (χ2v) is 7.00. The lowest BCUT2D eigenvalue weighted by molar-refractivity contribution is 0.0699. The van der Waals surface area contributed by atoms with Crippen molar-refractivity contribution in [2.75, 3.05) is 17.3 Å². The summed E-state index contributed by atoms with van der Waals surface area (Å²) in [5.41, 5.74) is 1.78. The van der Waals surface area contributed by atoms with Crippen LogP contribution in [0.25, 0.3) is 11.0 Å².